The first-order valence-electron chi connectivity index (χ1n) is 9.42. The van der Waals surface area contributed by atoms with E-state index < -0.39 is 5.54 Å². The Balaban J connectivity index is 4.23. The van der Waals surface area contributed by atoms with Gasteiger partial charge in [0.2, 0.25) is 5.91 Å². The Hall–Kier alpha value is -1.10. The van der Waals surface area contributed by atoms with Gasteiger partial charge in [0.15, 0.2) is 0 Å². The Labute approximate surface area is 157 Å². The van der Waals surface area contributed by atoms with Crippen molar-refractivity contribution in [2.75, 3.05) is 66.5 Å². The maximum Gasteiger partial charge on any atom is 0.220 e. The molecule has 1 amide bonds. The molecule has 0 aliphatic heterocycles. The lowest BCUT2D eigenvalue weighted by Gasteiger charge is -2.34. The lowest BCUT2D eigenvalue weighted by molar-refractivity contribution is -0.123. The molecule has 0 spiro atoms. The van der Waals surface area contributed by atoms with Crippen molar-refractivity contribution in [1.29, 1.82) is 0 Å². The zero-order valence-electron chi connectivity index (χ0n) is 16.4. The van der Waals surface area contributed by atoms with Crippen LogP contribution in [0.4, 0.5) is 0 Å². The fourth-order valence-electron chi connectivity index (χ4n) is 2.73. The molecule has 0 saturated carbocycles. The van der Waals surface area contributed by atoms with Gasteiger partial charge in [0.25, 0.3) is 0 Å². The highest BCUT2D eigenvalue weighted by Gasteiger charge is 2.29. The van der Waals surface area contributed by atoms with E-state index in [0.29, 0.717) is 51.4 Å². The van der Waals surface area contributed by atoms with Crippen LogP contribution in [0.15, 0.2) is 0 Å². The fourth-order valence-corrected chi connectivity index (χ4v) is 2.73. The Morgan fingerprint density at radius 1 is 1.08 bits per heavy atom. The lowest BCUT2D eigenvalue weighted by atomic mass is 9.98. The number of carbonyl (C=O) groups is 2. The molecular weight excluding hydrogens is 334 g/mol. The average molecular weight is 374 g/mol. The van der Waals surface area contributed by atoms with Crippen LogP contribution in [0.25, 0.3) is 0 Å². The topological polar surface area (TPSA) is 146 Å². The molecule has 0 rings (SSSR count). The maximum atomic E-state index is 12.1. The van der Waals surface area contributed by atoms with Gasteiger partial charge in [0, 0.05) is 58.7 Å². The molecule has 0 aromatic heterocycles. The summed E-state index contributed by atoms with van der Waals surface area (Å²) in [4.78, 5) is 22.5. The summed E-state index contributed by atoms with van der Waals surface area (Å²) in [6.07, 6.45) is 2.12. The summed E-state index contributed by atoms with van der Waals surface area (Å²) in [5.41, 5.74) is 11.1. The number of unbranched alkanes of at least 4 members (excludes halogenated alkanes) is 1. The predicted molar refractivity (Wildman–Crippen MR) is 106 cm³/mol. The van der Waals surface area contributed by atoms with Gasteiger partial charge in [0.1, 0.15) is 6.29 Å². The van der Waals surface area contributed by atoms with Gasteiger partial charge in [-0.25, -0.2) is 0 Å². The van der Waals surface area contributed by atoms with Gasteiger partial charge in [0.05, 0.1) is 5.54 Å². The summed E-state index contributed by atoms with van der Waals surface area (Å²) < 4.78 is 0. The molecule has 0 aromatic rings. The SMILES string of the molecule is CNCC(CN)CNCCNCC(CN)(CNC)NC(=O)CCCC=O. The Bertz CT molecular complexity index is 371. The molecule has 0 aliphatic carbocycles. The molecule has 0 aliphatic rings. The van der Waals surface area contributed by atoms with E-state index in [2.05, 4.69) is 26.6 Å². The van der Waals surface area contributed by atoms with E-state index in [1.165, 1.54) is 0 Å². The van der Waals surface area contributed by atoms with Gasteiger partial charge in [-0.3, -0.25) is 4.79 Å². The van der Waals surface area contributed by atoms with Gasteiger partial charge in [-0.15, -0.1) is 0 Å². The highest BCUT2D eigenvalue weighted by molar-refractivity contribution is 5.77. The van der Waals surface area contributed by atoms with E-state index in [-0.39, 0.29) is 5.91 Å². The largest absolute Gasteiger partial charge is 0.347 e. The van der Waals surface area contributed by atoms with Gasteiger partial charge in [-0.2, -0.15) is 0 Å². The van der Waals surface area contributed by atoms with Crippen LogP contribution >= 0.6 is 0 Å². The monoisotopic (exact) mass is 373 g/mol. The quantitative estimate of drug-likeness (QED) is 0.102. The number of hydrogen-bond acceptors (Lipinski definition) is 8. The normalized spacial score (nSPS) is 14.6. The van der Waals surface area contributed by atoms with E-state index in [0.717, 1.165) is 32.5 Å². The number of carbonyl (C=O) groups excluding carboxylic acids is 2. The maximum absolute atomic E-state index is 12.1. The number of likely N-dealkylation sites (N-methyl/N-ethyl adjacent to an activating group) is 1. The first-order valence-corrected chi connectivity index (χ1v) is 9.42. The summed E-state index contributed by atoms with van der Waals surface area (Å²) in [7, 11) is 3.75. The molecule has 2 atom stereocenters. The van der Waals surface area contributed by atoms with Crippen molar-refractivity contribution in [3.05, 3.63) is 0 Å². The number of amides is 1. The molecule has 9 heteroatoms. The Morgan fingerprint density at radius 2 is 1.81 bits per heavy atom. The van der Waals surface area contributed by atoms with Crippen LogP contribution in [0.3, 0.4) is 0 Å². The summed E-state index contributed by atoms with van der Waals surface area (Å²) in [6, 6.07) is 0. The van der Waals surface area contributed by atoms with E-state index in [1.807, 2.05) is 14.1 Å². The fraction of sp³-hybridized carbons (Fsp3) is 0.882. The van der Waals surface area contributed by atoms with Gasteiger partial charge >= 0.3 is 0 Å². The molecular formula is C17H39N7O2. The molecule has 9 nitrogen and oxygen atoms in total. The van der Waals surface area contributed by atoms with Crippen molar-refractivity contribution in [3.63, 3.8) is 0 Å². The minimum Gasteiger partial charge on any atom is -0.347 e. The molecule has 26 heavy (non-hydrogen) atoms. The van der Waals surface area contributed by atoms with E-state index in [4.69, 9.17) is 11.5 Å². The molecule has 154 valence electrons. The zero-order chi connectivity index (χ0) is 19.7. The van der Waals surface area contributed by atoms with Crippen LogP contribution < -0.4 is 38.1 Å². The van der Waals surface area contributed by atoms with Gasteiger partial charge < -0.3 is 42.8 Å². The zero-order valence-corrected chi connectivity index (χ0v) is 16.4. The van der Waals surface area contributed by atoms with Crippen LogP contribution in [0, 0.1) is 5.92 Å². The van der Waals surface area contributed by atoms with E-state index in [1.54, 1.807) is 0 Å². The standard InChI is InChI=1S/C17H39N7O2/c1-20-10-15(9-18)11-22-6-7-23-14-17(12-19,13-21-2)24-16(26)5-3-4-8-25/h8,15,20-23H,3-7,9-14,18-19H2,1-2H3,(H,24,26). The first-order chi connectivity index (χ1) is 12.6. The van der Waals surface area contributed by atoms with Crippen LogP contribution in [0.1, 0.15) is 19.3 Å². The number of aldehydes is 1. The van der Waals surface area contributed by atoms with Gasteiger partial charge in [-0.1, -0.05) is 0 Å². The summed E-state index contributed by atoms with van der Waals surface area (Å²) in [5.74, 6) is 0.336. The summed E-state index contributed by atoms with van der Waals surface area (Å²) in [5, 5.41) is 16.0. The van der Waals surface area contributed by atoms with Crippen molar-refractivity contribution in [2.45, 2.75) is 24.8 Å². The predicted octanol–water partition coefficient (Wildman–Crippen LogP) is -2.64. The second-order valence-corrected chi connectivity index (χ2v) is 6.66. The second-order valence-electron chi connectivity index (χ2n) is 6.66. The summed E-state index contributed by atoms with van der Waals surface area (Å²) in [6.45, 7) is 5.46. The number of nitrogens with two attached hydrogens (primary N) is 2. The molecule has 0 aromatic carbocycles. The Kier molecular flexibility index (Phi) is 15.4. The third-order valence-electron chi connectivity index (χ3n) is 4.24. The Morgan fingerprint density at radius 3 is 2.38 bits per heavy atom. The molecule has 0 fully saturated rings. The summed E-state index contributed by atoms with van der Waals surface area (Å²) >= 11 is 0. The third kappa shape index (κ3) is 11.5. The van der Waals surface area contributed by atoms with Gasteiger partial charge in [-0.05, 0) is 33.0 Å². The lowest BCUT2D eigenvalue weighted by Crippen LogP contribution is -2.64. The number of hydrogen-bond donors (Lipinski definition) is 7. The molecule has 0 heterocycles. The van der Waals surface area contributed by atoms with E-state index in [9.17, 15) is 9.59 Å². The van der Waals surface area contributed by atoms with Crippen molar-refractivity contribution >= 4 is 12.2 Å². The van der Waals surface area contributed by atoms with Crippen molar-refractivity contribution < 1.29 is 9.59 Å². The number of rotatable bonds is 18. The molecule has 0 saturated heterocycles. The van der Waals surface area contributed by atoms with Crippen molar-refractivity contribution in [2.24, 2.45) is 17.4 Å². The van der Waals surface area contributed by atoms with Crippen LogP contribution in [0.2, 0.25) is 0 Å². The van der Waals surface area contributed by atoms with Crippen molar-refractivity contribution in [3.8, 4) is 0 Å². The second kappa shape index (κ2) is 16.1. The average Bonchev–Trinajstić information content (AvgIpc) is 2.63. The number of nitrogens with one attached hydrogen (secondary N) is 5. The third-order valence-corrected chi connectivity index (χ3v) is 4.24. The first kappa shape index (κ1) is 24.9. The van der Waals surface area contributed by atoms with Crippen LogP contribution in [-0.4, -0.2) is 84.2 Å². The highest BCUT2D eigenvalue weighted by Crippen LogP contribution is 2.03. The van der Waals surface area contributed by atoms with Crippen LogP contribution in [-0.2, 0) is 9.59 Å². The molecule has 0 bridgehead atoms. The molecule has 0 radical (unpaired) electrons. The smallest absolute Gasteiger partial charge is 0.220 e. The minimum absolute atomic E-state index is 0.0784. The molecule has 9 N–H and O–H groups in total. The molecule has 2 unspecified atom stereocenters. The van der Waals surface area contributed by atoms with Crippen molar-refractivity contribution in [1.82, 2.24) is 26.6 Å². The van der Waals surface area contributed by atoms with E-state index >= 15 is 0 Å². The minimum atomic E-state index is -0.543. The van der Waals surface area contributed by atoms with Crippen LogP contribution in [0.5, 0.6) is 0 Å². The highest BCUT2D eigenvalue weighted by atomic mass is 16.1.